The molecular formula is C12H21N. The van der Waals surface area contributed by atoms with E-state index in [1.54, 1.807) is 0 Å². The molecule has 0 unspecified atom stereocenters. The van der Waals surface area contributed by atoms with Crippen LogP contribution in [0.25, 0.3) is 0 Å². The molecular weight excluding hydrogens is 158 g/mol. The van der Waals surface area contributed by atoms with Gasteiger partial charge in [0.15, 0.2) is 0 Å². The van der Waals surface area contributed by atoms with Crippen molar-refractivity contribution in [3.8, 4) is 12.3 Å². The van der Waals surface area contributed by atoms with Gasteiger partial charge in [-0.1, -0.05) is 19.8 Å². The van der Waals surface area contributed by atoms with E-state index in [2.05, 4.69) is 18.2 Å². The summed E-state index contributed by atoms with van der Waals surface area (Å²) in [4.78, 5) is 0. The topological polar surface area (TPSA) is 12.0 Å². The van der Waals surface area contributed by atoms with Crippen LogP contribution in [0, 0.1) is 17.8 Å². The summed E-state index contributed by atoms with van der Waals surface area (Å²) in [5.41, 5.74) is 0.606. The molecule has 0 aromatic rings. The van der Waals surface area contributed by atoms with Crippen LogP contribution in [0.2, 0.25) is 0 Å². The molecule has 0 aliphatic heterocycles. The number of rotatable bonds is 5. The standard InChI is InChI=1S/C12H21N/c1-3-5-10-13-11-12(4-2)8-6-7-9-12/h1,13H,4-11H2,2H3. The molecule has 1 nitrogen and oxygen atoms in total. The molecule has 1 aliphatic rings. The number of terminal acetylenes is 1. The van der Waals surface area contributed by atoms with Gasteiger partial charge in [0.25, 0.3) is 0 Å². The first-order valence-corrected chi connectivity index (χ1v) is 5.47. The molecule has 0 saturated heterocycles. The molecule has 0 heterocycles. The van der Waals surface area contributed by atoms with Gasteiger partial charge < -0.3 is 5.32 Å². The van der Waals surface area contributed by atoms with Crippen molar-refractivity contribution in [3.05, 3.63) is 0 Å². The molecule has 1 aliphatic carbocycles. The van der Waals surface area contributed by atoms with Crippen LogP contribution in [0.4, 0.5) is 0 Å². The monoisotopic (exact) mass is 179 g/mol. The molecule has 74 valence electrons. The number of nitrogens with one attached hydrogen (secondary N) is 1. The summed E-state index contributed by atoms with van der Waals surface area (Å²) >= 11 is 0. The van der Waals surface area contributed by atoms with Crippen molar-refractivity contribution in [2.75, 3.05) is 13.1 Å². The van der Waals surface area contributed by atoms with Crippen LogP contribution in [0.3, 0.4) is 0 Å². The van der Waals surface area contributed by atoms with Gasteiger partial charge in [-0.3, -0.25) is 0 Å². The normalized spacial score (nSPS) is 20.0. The summed E-state index contributed by atoms with van der Waals surface area (Å²) in [5, 5.41) is 3.48. The van der Waals surface area contributed by atoms with Crippen LogP contribution in [0.1, 0.15) is 45.4 Å². The molecule has 0 bridgehead atoms. The highest BCUT2D eigenvalue weighted by Crippen LogP contribution is 2.40. The predicted octanol–water partition coefficient (Wildman–Crippen LogP) is 2.57. The highest BCUT2D eigenvalue weighted by molar-refractivity contribution is 4.87. The molecule has 1 heteroatoms. The third-order valence-corrected chi connectivity index (χ3v) is 3.36. The second-order valence-electron chi connectivity index (χ2n) is 4.19. The Morgan fingerprint density at radius 1 is 1.38 bits per heavy atom. The molecule has 1 rings (SSSR count). The Bertz CT molecular complexity index is 172. The van der Waals surface area contributed by atoms with E-state index in [9.17, 15) is 0 Å². The lowest BCUT2D eigenvalue weighted by molar-refractivity contribution is 0.270. The molecule has 0 amide bonds. The van der Waals surface area contributed by atoms with Crippen LogP contribution < -0.4 is 5.32 Å². The quantitative estimate of drug-likeness (QED) is 0.505. The minimum Gasteiger partial charge on any atom is -0.315 e. The Morgan fingerprint density at radius 2 is 2.08 bits per heavy atom. The van der Waals surface area contributed by atoms with Crippen molar-refractivity contribution in [2.24, 2.45) is 5.41 Å². The summed E-state index contributed by atoms with van der Waals surface area (Å²) < 4.78 is 0. The van der Waals surface area contributed by atoms with E-state index >= 15 is 0 Å². The second kappa shape index (κ2) is 5.29. The Balaban J connectivity index is 2.20. The molecule has 1 fully saturated rings. The Kier molecular flexibility index (Phi) is 4.32. The molecule has 0 aromatic heterocycles. The van der Waals surface area contributed by atoms with Crippen LogP contribution in [-0.2, 0) is 0 Å². The first-order chi connectivity index (χ1) is 6.33. The molecule has 1 N–H and O–H groups in total. The lowest BCUT2D eigenvalue weighted by Crippen LogP contribution is -2.32. The fourth-order valence-corrected chi connectivity index (χ4v) is 2.29. The van der Waals surface area contributed by atoms with E-state index in [-0.39, 0.29) is 0 Å². The van der Waals surface area contributed by atoms with Crippen LogP contribution in [-0.4, -0.2) is 13.1 Å². The molecule has 0 radical (unpaired) electrons. The lowest BCUT2D eigenvalue weighted by Gasteiger charge is -2.27. The summed E-state index contributed by atoms with van der Waals surface area (Å²) in [6.45, 7) is 4.47. The zero-order chi connectivity index (χ0) is 9.57. The zero-order valence-electron chi connectivity index (χ0n) is 8.73. The van der Waals surface area contributed by atoms with Gasteiger partial charge in [-0.2, -0.15) is 0 Å². The van der Waals surface area contributed by atoms with E-state index < -0.39 is 0 Å². The van der Waals surface area contributed by atoms with E-state index in [4.69, 9.17) is 6.42 Å². The van der Waals surface area contributed by atoms with Gasteiger partial charge in [-0.05, 0) is 24.7 Å². The Morgan fingerprint density at radius 3 is 2.62 bits per heavy atom. The van der Waals surface area contributed by atoms with Gasteiger partial charge in [-0.15, -0.1) is 12.3 Å². The maximum atomic E-state index is 5.20. The summed E-state index contributed by atoms with van der Waals surface area (Å²) in [5.74, 6) is 2.66. The largest absolute Gasteiger partial charge is 0.315 e. The molecule has 13 heavy (non-hydrogen) atoms. The van der Waals surface area contributed by atoms with Gasteiger partial charge in [0.1, 0.15) is 0 Å². The third kappa shape index (κ3) is 3.04. The maximum absolute atomic E-state index is 5.20. The Hall–Kier alpha value is -0.480. The SMILES string of the molecule is C#CCCNCC1(CC)CCCC1. The smallest absolute Gasteiger partial charge is 0.0211 e. The van der Waals surface area contributed by atoms with Crippen molar-refractivity contribution in [2.45, 2.75) is 45.4 Å². The molecule has 0 spiro atoms. The van der Waals surface area contributed by atoms with Crippen molar-refractivity contribution in [3.63, 3.8) is 0 Å². The predicted molar refractivity (Wildman–Crippen MR) is 57.5 cm³/mol. The average Bonchev–Trinajstić information content (AvgIpc) is 2.62. The van der Waals surface area contributed by atoms with Crippen molar-refractivity contribution < 1.29 is 0 Å². The third-order valence-electron chi connectivity index (χ3n) is 3.36. The minimum absolute atomic E-state index is 0.606. The van der Waals surface area contributed by atoms with Gasteiger partial charge in [0.05, 0.1) is 0 Å². The fraction of sp³-hybridized carbons (Fsp3) is 0.833. The molecule has 0 aromatic carbocycles. The molecule has 0 atom stereocenters. The van der Waals surface area contributed by atoms with E-state index in [1.807, 2.05) is 0 Å². The number of hydrogen-bond donors (Lipinski definition) is 1. The van der Waals surface area contributed by atoms with Crippen LogP contribution in [0.15, 0.2) is 0 Å². The highest BCUT2D eigenvalue weighted by atomic mass is 14.9. The zero-order valence-corrected chi connectivity index (χ0v) is 8.73. The first kappa shape index (κ1) is 10.6. The molecule has 1 saturated carbocycles. The van der Waals surface area contributed by atoms with Gasteiger partial charge >= 0.3 is 0 Å². The van der Waals surface area contributed by atoms with Crippen molar-refractivity contribution >= 4 is 0 Å². The second-order valence-corrected chi connectivity index (χ2v) is 4.19. The fourth-order valence-electron chi connectivity index (χ4n) is 2.29. The van der Waals surface area contributed by atoms with Crippen LogP contribution in [0.5, 0.6) is 0 Å². The maximum Gasteiger partial charge on any atom is 0.0211 e. The summed E-state index contributed by atoms with van der Waals surface area (Å²) in [6, 6.07) is 0. The summed E-state index contributed by atoms with van der Waals surface area (Å²) in [7, 11) is 0. The summed E-state index contributed by atoms with van der Waals surface area (Å²) in [6.07, 6.45) is 13.0. The minimum atomic E-state index is 0.606. The lowest BCUT2D eigenvalue weighted by atomic mass is 9.83. The van der Waals surface area contributed by atoms with Crippen LogP contribution >= 0.6 is 0 Å². The van der Waals surface area contributed by atoms with Gasteiger partial charge in [-0.25, -0.2) is 0 Å². The van der Waals surface area contributed by atoms with E-state index in [1.165, 1.54) is 38.6 Å². The average molecular weight is 179 g/mol. The highest BCUT2D eigenvalue weighted by Gasteiger charge is 2.30. The van der Waals surface area contributed by atoms with Crippen molar-refractivity contribution in [1.82, 2.24) is 5.32 Å². The van der Waals surface area contributed by atoms with E-state index in [0.717, 1.165) is 13.0 Å². The Labute approximate surface area is 82.3 Å². The van der Waals surface area contributed by atoms with E-state index in [0.29, 0.717) is 5.41 Å². The van der Waals surface area contributed by atoms with Gasteiger partial charge in [0.2, 0.25) is 0 Å². The first-order valence-electron chi connectivity index (χ1n) is 5.47. The van der Waals surface area contributed by atoms with Gasteiger partial charge in [0, 0.05) is 19.5 Å². The number of hydrogen-bond acceptors (Lipinski definition) is 1. The van der Waals surface area contributed by atoms with Crippen molar-refractivity contribution in [1.29, 1.82) is 0 Å².